The molecule has 0 atom stereocenters. The fourth-order valence-corrected chi connectivity index (χ4v) is 3.71. The Labute approximate surface area is 182 Å². The van der Waals surface area contributed by atoms with Gasteiger partial charge in [0.25, 0.3) is 0 Å². The number of ether oxygens (including phenoxy) is 1. The molecule has 9 nitrogen and oxygen atoms in total. The van der Waals surface area contributed by atoms with Crippen LogP contribution in [0.5, 0.6) is 5.75 Å². The number of aliphatic imine (C=N–C) groups is 1. The van der Waals surface area contributed by atoms with Crippen LogP contribution in [0.15, 0.2) is 65.1 Å². The minimum absolute atomic E-state index is 0.0608. The van der Waals surface area contributed by atoms with Gasteiger partial charge in [-0.2, -0.15) is 0 Å². The summed E-state index contributed by atoms with van der Waals surface area (Å²) in [6.07, 6.45) is 7.38. The van der Waals surface area contributed by atoms with Gasteiger partial charge in [-0.05, 0) is 29.7 Å². The minimum atomic E-state index is 0.0608. The van der Waals surface area contributed by atoms with Crippen LogP contribution in [0.1, 0.15) is 20.8 Å². The van der Waals surface area contributed by atoms with Crippen LogP contribution in [-0.4, -0.2) is 39.3 Å². The summed E-state index contributed by atoms with van der Waals surface area (Å²) >= 11 is 0. The van der Waals surface area contributed by atoms with E-state index in [-0.39, 0.29) is 5.41 Å². The molecular weight excluding hydrogens is 392 g/mol. The molecule has 0 fully saturated rings. The van der Waals surface area contributed by atoms with Crippen molar-refractivity contribution in [3.8, 4) is 17.1 Å². The van der Waals surface area contributed by atoms with Crippen molar-refractivity contribution in [1.82, 2.24) is 19.7 Å². The Hall–Kier alpha value is -3.75. The van der Waals surface area contributed by atoms with Crippen molar-refractivity contribution >= 4 is 11.6 Å². The maximum Gasteiger partial charge on any atom is 0.205 e. The molecule has 4 N–H and O–H groups in total. The first kappa shape index (κ1) is 20.5. The number of guanidine groups is 1. The molecule has 4 rings (SSSR count). The zero-order chi connectivity index (χ0) is 22.3. The first-order valence-corrected chi connectivity index (χ1v) is 10.0. The lowest BCUT2D eigenvalue weighted by molar-refractivity contribution is 0.285. The smallest absolute Gasteiger partial charge is 0.205 e. The quantitative estimate of drug-likeness (QED) is 0.782. The molecule has 0 saturated carbocycles. The van der Waals surface area contributed by atoms with E-state index in [0.717, 1.165) is 34.9 Å². The molecule has 1 aromatic heterocycles. The highest BCUT2D eigenvalue weighted by Crippen LogP contribution is 2.39. The van der Waals surface area contributed by atoms with E-state index in [1.165, 1.54) is 0 Å². The summed E-state index contributed by atoms with van der Waals surface area (Å²) in [6, 6.07) is 5.79. The van der Waals surface area contributed by atoms with E-state index in [4.69, 9.17) is 16.2 Å². The molecule has 162 valence electrons. The van der Waals surface area contributed by atoms with Gasteiger partial charge in [-0.1, -0.05) is 20.8 Å². The number of rotatable bonds is 4. The van der Waals surface area contributed by atoms with Crippen LogP contribution in [0, 0.1) is 5.41 Å². The van der Waals surface area contributed by atoms with Gasteiger partial charge in [0, 0.05) is 37.1 Å². The number of allylic oxidation sites excluding steroid dienone is 1. The van der Waals surface area contributed by atoms with Crippen LogP contribution in [0.2, 0.25) is 0 Å². The van der Waals surface area contributed by atoms with E-state index in [2.05, 4.69) is 36.0 Å². The second-order valence-electron chi connectivity index (χ2n) is 8.80. The summed E-state index contributed by atoms with van der Waals surface area (Å²) in [5.74, 6) is 2.29. The summed E-state index contributed by atoms with van der Waals surface area (Å²) in [6.45, 7) is 7.28. The van der Waals surface area contributed by atoms with Crippen molar-refractivity contribution in [1.29, 1.82) is 0 Å². The van der Waals surface area contributed by atoms with Crippen LogP contribution >= 0.6 is 0 Å². The number of nitrogens with zero attached hydrogens (tertiary/aromatic N) is 6. The van der Waals surface area contributed by atoms with Gasteiger partial charge in [0.15, 0.2) is 5.82 Å². The molecule has 9 heteroatoms. The highest BCUT2D eigenvalue weighted by atomic mass is 16.5. The van der Waals surface area contributed by atoms with Crippen LogP contribution < -0.4 is 21.1 Å². The van der Waals surface area contributed by atoms with Gasteiger partial charge in [-0.15, -0.1) is 10.2 Å². The molecule has 0 bridgehead atoms. The largest absolute Gasteiger partial charge is 0.495 e. The average molecular weight is 421 g/mol. The third-order valence-electron chi connectivity index (χ3n) is 5.08. The Morgan fingerprint density at radius 1 is 1.16 bits per heavy atom. The highest BCUT2D eigenvalue weighted by Gasteiger charge is 2.31. The van der Waals surface area contributed by atoms with Gasteiger partial charge in [-0.25, -0.2) is 4.99 Å². The number of hydrogen-bond donors (Lipinski definition) is 2. The van der Waals surface area contributed by atoms with Gasteiger partial charge >= 0.3 is 0 Å². The second-order valence-corrected chi connectivity index (χ2v) is 8.80. The number of aromatic nitrogens is 3. The number of methoxy groups -OCH3 is 1. The summed E-state index contributed by atoms with van der Waals surface area (Å²) < 4.78 is 7.57. The first-order valence-electron chi connectivity index (χ1n) is 10.0. The van der Waals surface area contributed by atoms with Gasteiger partial charge in [0.1, 0.15) is 17.9 Å². The normalized spacial score (nSPS) is 16.3. The molecule has 0 aliphatic carbocycles. The lowest BCUT2D eigenvalue weighted by atomic mass is 9.95. The standard InChI is InChI=1S/C22H28N8O/c1-22(2,3)12-29-9-8-15-11-25-21(24)30(18(15)19(29)23)16-7-6-14(10-17(16)31-5)20-27-26-13-28(20)4/h6-11,13H,12,23H2,1-5H3,(H2,24,25). The molecule has 2 aliphatic heterocycles. The van der Waals surface area contributed by atoms with Gasteiger partial charge < -0.3 is 25.7 Å². The predicted octanol–water partition coefficient (Wildman–Crippen LogP) is 2.51. The number of hydrogen-bond acceptors (Lipinski definition) is 8. The molecular formula is C22H28N8O. The lowest BCUT2D eigenvalue weighted by Crippen LogP contribution is -2.44. The van der Waals surface area contributed by atoms with E-state index < -0.39 is 0 Å². The van der Waals surface area contributed by atoms with Crippen molar-refractivity contribution in [2.75, 3.05) is 18.6 Å². The van der Waals surface area contributed by atoms with Crippen LogP contribution in [0.4, 0.5) is 5.69 Å². The SMILES string of the molecule is COc1cc(-c2nncn2C)ccc1N1C(N)=NC=C2C=CN(CC(C)(C)C)C(N)=C21. The van der Waals surface area contributed by atoms with Crippen molar-refractivity contribution in [2.24, 2.45) is 28.9 Å². The van der Waals surface area contributed by atoms with Crippen molar-refractivity contribution in [3.63, 3.8) is 0 Å². The Morgan fingerprint density at radius 2 is 1.94 bits per heavy atom. The molecule has 0 radical (unpaired) electrons. The zero-order valence-electron chi connectivity index (χ0n) is 18.5. The molecule has 31 heavy (non-hydrogen) atoms. The van der Waals surface area contributed by atoms with Crippen LogP contribution in [-0.2, 0) is 7.05 Å². The molecule has 3 heterocycles. The van der Waals surface area contributed by atoms with Gasteiger partial charge in [0.2, 0.25) is 5.96 Å². The minimum Gasteiger partial charge on any atom is -0.495 e. The fourth-order valence-electron chi connectivity index (χ4n) is 3.71. The van der Waals surface area contributed by atoms with Crippen molar-refractivity contribution < 1.29 is 4.74 Å². The second kappa shape index (κ2) is 7.50. The van der Waals surface area contributed by atoms with Crippen LogP contribution in [0.25, 0.3) is 11.4 Å². The van der Waals surface area contributed by atoms with E-state index >= 15 is 0 Å². The third-order valence-corrected chi connectivity index (χ3v) is 5.08. The molecule has 0 unspecified atom stereocenters. The molecule has 0 spiro atoms. The van der Waals surface area contributed by atoms with E-state index in [0.29, 0.717) is 17.5 Å². The average Bonchev–Trinajstić information content (AvgIpc) is 3.15. The number of anilines is 1. The first-order chi connectivity index (χ1) is 14.7. The van der Waals surface area contributed by atoms with Crippen molar-refractivity contribution in [2.45, 2.75) is 20.8 Å². The third kappa shape index (κ3) is 3.74. The number of aryl methyl sites for hydroxylation is 1. The predicted molar refractivity (Wildman–Crippen MR) is 122 cm³/mol. The Bertz CT molecular complexity index is 1130. The van der Waals surface area contributed by atoms with Gasteiger partial charge in [0.05, 0.1) is 18.5 Å². The molecule has 1 aromatic carbocycles. The van der Waals surface area contributed by atoms with E-state index in [1.54, 1.807) is 19.6 Å². The topological polar surface area (TPSA) is 111 Å². The van der Waals surface area contributed by atoms with Gasteiger partial charge in [-0.3, -0.25) is 4.90 Å². The summed E-state index contributed by atoms with van der Waals surface area (Å²) in [4.78, 5) is 8.26. The molecule has 0 amide bonds. The summed E-state index contributed by atoms with van der Waals surface area (Å²) in [5.41, 5.74) is 16.3. The number of fused-ring (bicyclic) bond motifs is 1. The van der Waals surface area contributed by atoms with E-state index in [1.807, 2.05) is 51.9 Å². The van der Waals surface area contributed by atoms with Crippen molar-refractivity contribution in [3.05, 3.63) is 60.1 Å². The molecule has 2 aliphatic rings. The molecule has 0 saturated heterocycles. The lowest BCUT2D eigenvalue weighted by Gasteiger charge is -2.38. The Balaban J connectivity index is 1.81. The summed E-state index contributed by atoms with van der Waals surface area (Å²) in [7, 11) is 3.52. The maximum atomic E-state index is 6.65. The number of nitrogens with two attached hydrogens (primary N) is 2. The monoisotopic (exact) mass is 420 g/mol. The van der Waals surface area contributed by atoms with Crippen LogP contribution in [0.3, 0.4) is 0 Å². The summed E-state index contributed by atoms with van der Waals surface area (Å²) in [5, 5.41) is 8.14. The Kier molecular flexibility index (Phi) is 4.96. The maximum absolute atomic E-state index is 6.65. The van der Waals surface area contributed by atoms with E-state index in [9.17, 15) is 0 Å². The number of benzene rings is 1. The molecule has 2 aromatic rings. The zero-order valence-corrected chi connectivity index (χ0v) is 18.5. The Morgan fingerprint density at radius 3 is 2.58 bits per heavy atom. The highest BCUT2D eigenvalue weighted by molar-refractivity contribution is 6.02. The fraction of sp³-hybridized carbons (Fsp3) is 0.318.